The van der Waals surface area contributed by atoms with Crippen LogP contribution in [0.4, 0.5) is 17.1 Å². The summed E-state index contributed by atoms with van der Waals surface area (Å²) in [4.78, 5) is 2.39. The highest BCUT2D eigenvalue weighted by atomic mass is 15.1. The van der Waals surface area contributed by atoms with Gasteiger partial charge in [0.25, 0.3) is 0 Å². The maximum atomic E-state index is 6.17. The molecule has 0 aliphatic heterocycles. The van der Waals surface area contributed by atoms with Crippen LogP contribution in [0, 0.1) is 74.1 Å². The van der Waals surface area contributed by atoms with Crippen molar-refractivity contribution in [2.24, 2.45) is 0 Å². The van der Waals surface area contributed by atoms with Gasteiger partial charge < -0.3 is 9.47 Å². The minimum Gasteiger partial charge on any atom is -0.310 e. The summed E-state index contributed by atoms with van der Waals surface area (Å²) in [6.45, 7) is 4.68. The zero-order valence-electron chi connectivity index (χ0n) is 52.4. The Bertz CT molecular complexity index is 5730. The Labute approximate surface area is 556 Å². The first-order valence-electron chi connectivity index (χ1n) is 31.5. The fraction of sp³-hybridized carbons (Fsp3) is 0.0323. The smallest absolute Gasteiger partial charge is 0.0541 e. The predicted octanol–water partition coefficient (Wildman–Crippen LogP) is 22.1. The monoisotopic (exact) mass is 1200 g/mol. The van der Waals surface area contributed by atoms with Crippen molar-refractivity contribution in [1.82, 2.24) is 4.57 Å². The summed E-state index contributed by atoms with van der Waals surface area (Å²) in [6.07, 6.45) is 36.4. The van der Waals surface area contributed by atoms with Gasteiger partial charge in [0.05, 0.1) is 11.0 Å². The summed E-state index contributed by atoms with van der Waals surface area (Å²) in [5.41, 5.74) is 29.3. The van der Waals surface area contributed by atoms with Gasteiger partial charge in [0.15, 0.2) is 0 Å². The molecule has 0 fully saturated rings. The number of rotatable bonds is 11. The zero-order chi connectivity index (χ0) is 64.9. The summed E-state index contributed by atoms with van der Waals surface area (Å²) in [6, 6.07) is 99.4. The maximum absolute atomic E-state index is 6.17. The van der Waals surface area contributed by atoms with E-state index in [-0.39, 0.29) is 5.41 Å². The van der Waals surface area contributed by atoms with Crippen LogP contribution in [0.25, 0.3) is 117 Å². The molecule has 440 valence electrons. The van der Waals surface area contributed by atoms with Crippen LogP contribution in [0.2, 0.25) is 0 Å². The van der Waals surface area contributed by atoms with E-state index >= 15 is 0 Å². The molecule has 15 rings (SSSR count). The van der Waals surface area contributed by atoms with E-state index in [2.05, 4.69) is 283 Å². The van der Waals surface area contributed by atoms with Crippen LogP contribution in [0.5, 0.6) is 0 Å². The Morgan fingerprint density at radius 1 is 0.263 bits per heavy atom. The summed E-state index contributed by atoms with van der Waals surface area (Å²) in [7, 11) is 0. The number of anilines is 3. The highest BCUT2D eigenvalue weighted by Gasteiger charge is 2.36. The quantitative estimate of drug-likeness (QED) is 0.117. The van der Waals surface area contributed by atoms with Gasteiger partial charge in [-0.25, -0.2) is 0 Å². The molecule has 0 saturated heterocycles. The first-order valence-corrected chi connectivity index (χ1v) is 31.5. The van der Waals surface area contributed by atoms with Gasteiger partial charge in [0, 0.05) is 72.3 Å². The second kappa shape index (κ2) is 23.9. The number of hydrogen-bond acceptors (Lipinski definition) is 1. The molecule has 0 N–H and O–H groups in total. The van der Waals surface area contributed by atoms with Gasteiger partial charge in [-0.2, -0.15) is 0 Å². The average Bonchev–Trinajstić information content (AvgIpc) is 1.68. The molecular weight excluding hydrogens is 1150 g/mol. The van der Waals surface area contributed by atoms with Gasteiger partial charge >= 0.3 is 0 Å². The minimum atomic E-state index is -0.159. The van der Waals surface area contributed by atoms with E-state index < -0.39 is 0 Å². The van der Waals surface area contributed by atoms with Gasteiger partial charge in [-0.05, 0) is 228 Å². The van der Waals surface area contributed by atoms with Gasteiger partial charge in [0.1, 0.15) is 0 Å². The molecule has 0 amide bonds. The number of para-hydroxylation sites is 1. The standard InChI is InChI=1S/C93H58N2/c1-9-61-32-35-74(52-64(61)12-4)84-60-86(76-37-34-63(11-3)66(14-6)54-76)85(75-36-33-62(10-2)65(13-5)53-75)59-83(84)73-27-23-26-70(55-73)72-43-51-92-88(57-72)87-56-71(42-50-91(87)95(92)77-28-19-16-20-29-77)69-40-46-79(47-41-69)94(78-44-38-68(39-45-78)67-24-17-15-18-25-67)80-48-49-82-81-30-21-22-31-89(81)93(7,8)90(82)58-80/h1-6,15-60H,7-8H3. The first-order chi connectivity index (χ1) is 46.5. The molecule has 1 aromatic heterocycles. The van der Waals surface area contributed by atoms with Crippen LogP contribution in [-0.4, -0.2) is 4.57 Å². The lowest BCUT2D eigenvalue weighted by Gasteiger charge is -2.28. The summed E-state index contributed by atoms with van der Waals surface area (Å²) in [5.74, 6) is 16.8. The number of fused-ring (bicyclic) bond motifs is 6. The molecular formula is C93H58N2. The molecule has 2 nitrogen and oxygen atoms in total. The molecule has 0 spiro atoms. The highest BCUT2D eigenvalue weighted by Crippen LogP contribution is 2.51. The minimum absolute atomic E-state index is 0.159. The van der Waals surface area contributed by atoms with E-state index in [4.69, 9.17) is 38.5 Å². The Morgan fingerprint density at radius 3 is 1.14 bits per heavy atom. The molecule has 95 heavy (non-hydrogen) atoms. The molecule has 1 aliphatic carbocycles. The third-order valence-corrected chi connectivity index (χ3v) is 18.9. The fourth-order valence-electron chi connectivity index (χ4n) is 14.0. The van der Waals surface area contributed by atoms with Crippen LogP contribution >= 0.6 is 0 Å². The van der Waals surface area contributed by atoms with Gasteiger partial charge in [-0.15, -0.1) is 38.5 Å². The van der Waals surface area contributed by atoms with Gasteiger partial charge in [0.2, 0.25) is 0 Å². The van der Waals surface area contributed by atoms with Crippen molar-refractivity contribution in [2.75, 3.05) is 4.90 Å². The molecule has 0 bridgehead atoms. The Kier molecular flexibility index (Phi) is 14.6. The predicted molar refractivity (Wildman–Crippen MR) is 399 cm³/mol. The molecule has 0 radical (unpaired) electrons. The van der Waals surface area contributed by atoms with E-state index in [1.165, 1.54) is 33.4 Å². The zero-order valence-corrected chi connectivity index (χ0v) is 52.4. The van der Waals surface area contributed by atoms with Crippen molar-refractivity contribution in [3.8, 4) is 169 Å². The number of terminal acetylenes is 6. The fourth-order valence-corrected chi connectivity index (χ4v) is 14.0. The number of hydrogen-bond donors (Lipinski definition) is 0. The lowest BCUT2D eigenvalue weighted by molar-refractivity contribution is 0.660. The second-order valence-corrected chi connectivity index (χ2v) is 24.5. The van der Waals surface area contributed by atoms with E-state index in [9.17, 15) is 0 Å². The van der Waals surface area contributed by atoms with Crippen molar-refractivity contribution in [1.29, 1.82) is 0 Å². The largest absolute Gasteiger partial charge is 0.310 e. The van der Waals surface area contributed by atoms with E-state index in [0.29, 0.717) is 33.4 Å². The molecule has 14 aromatic rings. The van der Waals surface area contributed by atoms with Gasteiger partial charge in [-0.1, -0.05) is 201 Å². The normalized spacial score (nSPS) is 11.7. The van der Waals surface area contributed by atoms with Crippen LogP contribution in [0.15, 0.2) is 279 Å². The SMILES string of the molecule is C#Cc1ccc(-c2cc(-c3ccc(C#C)c(C#C)c3)c(-c3ccc(C#C)c(C#C)c3)cc2-c2cccc(-c3ccc4c(c3)c3cc(-c5ccc(N(c6ccc(-c7ccccc7)cc6)c6ccc7c(c6)C(C)(C)c6ccccc6-7)cc5)ccc3n4-c3ccccc3)c2)cc1C#C. The second-order valence-electron chi connectivity index (χ2n) is 24.5. The summed E-state index contributed by atoms with van der Waals surface area (Å²) >= 11 is 0. The highest BCUT2D eigenvalue weighted by molar-refractivity contribution is 6.12. The summed E-state index contributed by atoms with van der Waals surface area (Å²) < 4.78 is 2.37. The lowest BCUT2D eigenvalue weighted by atomic mass is 9.82. The van der Waals surface area contributed by atoms with Crippen molar-refractivity contribution in [3.05, 3.63) is 324 Å². The van der Waals surface area contributed by atoms with Gasteiger partial charge in [-0.3, -0.25) is 0 Å². The molecule has 0 saturated carbocycles. The van der Waals surface area contributed by atoms with Crippen LogP contribution in [0.3, 0.4) is 0 Å². The first kappa shape index (κ1) is 58.2. The number of aromatic nitrogens is 1. The van der Waals surface area contributed by atoms with Crippen molar-refractivity contribution < 1.29 is 0 Å². The number of nitrogens with zero attached hydrogens (tertiary/aromatic N) is 2. The van der Waals surface area contributed by atoms with Crippen molar-refractivity contribution in [2.45, 2.75) is 19.3 Å². The Hall–Kier alpha value is -13.2. The molecule has 1 heterocycles. The third-order valence-electron chi connectivity index (χ3n) is 18.9. The summed E-state index contributed by atoms with van der Waals surface area (Å²) in [5, 5.41) is 2.26. The van der Waals surface area contributed by atoms with Crippen molar-refractivity contribution in [3.63, 3.8) is 0 Å². The molecule has 0 unspecified atom stereocenters. The third kappa shape index (κ3) is 10.2. The molecule has 0 atom stereocenters. The van der Waals surface area contributed by atoms with Crippen LogP contribution in [0.1, 0.15) is 58.4 Å². The van der Waals surface area contributed by atoms with E-state index in [1.54, 1.807) is 0 Å². The average molecular weight is 1200 g/mol. The van der Waals surface area contributed by atoms with Crippen molar-refractivity contribution >= 4 is 38.9 Å². The maximum Gasteiger partial charge on any atom is 0.0541 e. The molecule has 2 heteroatoms. The number of benzene rings is 13. The van der Waals surface area contributed by atoms with E-state index in [1.807, 2.05) is 54.6 Å². The van der Waals surface area contributed by atoms with Crippen LogP contribution < -0.4 is 4.90 Å². The topological polar surface area (TPSA) is 8.17 Å². The Morgan fingerprint density at radius 2 is 0.632 bits per heavy atom. The lowest BCUT2D eigenvalue weighted by Crippen LogP contribution is -2.16. The van der Waals surface area contributed by atoms with E-state index in [0.717, 1.165) is 111 Å². The Balaban J connectivity index is 0.860. The molecule has 1 aliphatic rings. The van der Waals surface area contributed by atoms with Crippen LogP contribution in [-0.2, 0) is 5.41 Å². The molecule has 13 aromatic carbocycles.